The molecule has 0 saturated heterocycles. The fraction of sp³-hybridized carbons (Fsp3) is 0.714. The Morgan fingerprint density at radius 3 is 2.36 bits per heavy atom. The lowest BCUT2D eigenvalue weighted by Crippen LogP contribution is -2.14. The fourth-order valence-corrected chi connectivity index (χ4v) is 0.598. The van der Waals surface area contributed by atoms with Crippen LogP contribution in [0.4, 0.5) is 0 Å². The van der Waals surface area contributed by atoms with Crippen molar-refractivity contribution in [2.24, 2.45) is 0 Å². The number of ketones is 1. The maximum absolute atomic E-state index is 10.5. The number of hydrogen-bond acceptors (Lipinski definition) is 3. The van der Waals surface area contributed by atoms with E-state index in [1.807, 2.05) is 0 Å². The summed E-state index contributed by atoms with van der Waals surface area (Å²) in [6.07, 6.45) is 0.385. The van der Waals surface area contributed by atoms with Crippen molar-refractivity contribution >= 4 is 23.4 Å². The van der Waals surface area contributed by atoms with Crippen molar-refractivity contribution in [3.8, 4) is 0 Å². The highest BCUT2D eigenvalue weighted by Crippen LogP contribution is 2.02. The lowest BCUT2D eigenvalue weighted by atomic mass is 10.2. The summed E-state index contributed by atoms with van der Waals surface area (Å²) in [7, 11) is 0. The summed E-state index contributed by atoms with van der Waals surface area (Å²) in [5.74, 6) is -0.448. The largest absolute Gasteiger partial charge is 0.466 e. The van der Waals surface area contributed by atoms with Crippen LogP contribution in [0.15, 0.2) is 0 Å². The van der Waals surface area contributed by atoms with Gasteiger partial charge < -0.3 is 4.74 Å². The van der Waals surface area contributed by atoms with E-state index < -0.39 is 5.38 Å². The summed E-state index contributed by atoms with van der Waals surface area (Å²) >= 11 is 5.56. The smallest absolute Gasteiger partial charge is 0.302 e. The van der Waals surface area contributed by atoms with E-state index in [4.69, 9.17) is 11.6 Å². The Hall–Kier alpha value is -0.570. The molecule has 0 aromatic carbocycles. The molecule has 4 heteroatoms. The molecule has 0 aliphatic carbocycles. The standard InChI is InChI=1S/C7H11ClO3/c1-5(9)7(8)3-4-11-6(2)10/h7H,3-4H2,1-2H3/t7-/m0/s1. The summed E-state index contributed by atoms with van der Waals surface area (Å²) < 4.78 is 4.59. The van der Waals surface area contributed by atoms with Crippen molar-refractivity contribution in [3.63, 3.8) is 0 Å². The molecule has 1 atom stereocenters. The number of carbonyl (C=O) groups excluding carboxylic acids is 2. The summed E-state index contributed by atoms with van der Waals surface area (Å²) in [6, 6.07) is 0. The first kappa shape index (κ1) is 10.4. The van der Waals surface area contributed by atoms with Crippen LogP contribution in [0.2, 0.25) is 0 Å². The molecule has 11 heavy (non-hydrogen) atoms. The van der Waals surface area contributed by atoms with E-state index in [-0.39, 0.29) is 18.4 Å². The highest BCUT2D eigenvalue weighted by Gasteiger charge is 2.09. The molecule has 0 spiro atoms. The van der Waals surface area contributed by atoms with Crippen LogP contribution in [0.25, 0.3) is 0 Å². The molecule has 0 aromatic heterocycles. The molecular weight excluding hydrogens is 168 g/mol. The number of carbonyl (C=O) groups is 2. The van der Waals surface area contributed by atoms with Crippen molar-refractivity contribution in [2.75, 3.05) is 6.61 Å². The second-order valence-corrected chi connectivity index (χ2v) is 2.73. The number of hydrogen-bond donors (Lipinski definition) is 0. The zero-order valence-electron chi connectivity index (χ0n) is 6.59. The van der Waals surface area contributed by atoms with Crippen molar-refractivity contribution in [2.45, 2.75) is 25.6 Å². The molecule has 0 unspecified atom stereocenters. The zero-order valence-corrected chi connectivity index (χ0v) is 7.35. The Bertz CT molecular complexity index is 156. The highest BCUT2D eigenvalue weighted by atomic mass is 35.5. The topological polar surface area (TPSA) is 43.4 Å². The number of esters is 1. The molecule has 0 bridgehead atoms. The molecule has 0 aliphatic heterocycles. The van der Waals surface area contributed by atoms with Crippen molar-refractivity contribution in [1.29, 1.82) is 0 Å². The summed E-state index contributed by atoms with van der Waals surface area (Å²) in [6.45, 7) is 2.94. The first-order chi connectivity index (χ1) is 5.04. The van der Waals surface area contributed by atoms with Gasteiger partial charge in [0, 0.05) is 13.3 Å². The van der Waals surface area contributed by atoms with E-state index in [2.05, 4.69) is 4.74 Å². The molecule has 0 radical (unpaired) electrons. The van der Waals surface area contributed by atoms with Gasteiger partial charge in [0.05, 0.1) is 12.0 Å². The van der Waals surface area contributed by atoms with Gasteiger partial charge in [0.2, 0.25) is 0 Å². The Morgan fingerprint density at radius 1 is 1.45 bits per heavy atom. The lowest BCUT2D eigenvalue weighted by Gasteiger charge is -2.04. The van der Waals surface area contributed by atoms with Crippen LogP contribution < -0.4 is 0 Å². The normalized spacial score (nSPS) is 12.3. The molecule has 0 N–H and O–H groups in total. The molecule has 0 amide bonds. The molecule has 0 rings (SSSR count). The monoisotopic (exact) mass is 178 g/mol. The number of halogens is 1. The lowest BCUT2D eigenvalue weighted by molar-refractivity contribution is -0.141. The van der Waals surface area contributed by atoms with Crippen LogP contribution in [-0.4, -0.2) is 23.7 Å². The SMILES string of the molecule is CC(=O)OCC[C@H](Cl)C(C)=O. The molecule has 0 saturated carbocycles. The first-order valence-corrected chi connectivity index (χ1v) is 3.75. The Morgan fingerprint density at radius 2 is 2.00 bits per heavy atom. The van der Waals surface area contributed by atoms with Gasteiger partial charge in [-0.3, -0.25) is 9.59 Å². The summed E-state index contributed by atoms with van der Waals surface area (Å²) in [5, 5.41) is -0.533. The van der Waals surface area contributed by atoms with Crippen LogP contribution >= 0.6 is 11.6 Å². The molecule has 3 nitrogen and oxygen atoms in total. The second-order valence-electron chi connectivity index (χ2n) is 2.21. The van der Waals surface area contributed by atoms with E-state index in [0.717, 1.165) is 0 Å². The van der Waals surface area contributed by atoms with E-state index in [1.54, 1.807) is 0 Å². The van der Waals surface area contributed by atoms with Gasteiger partial charge in [-0.2, -0.15) is 0 Å². The number of rotatable bonds is 4. The van der Waals surface area contributed by atoms with Gasteiger partial charge in [-0.25, -0.2) is 0 Å². The third-order valence-corrected chi connectivity index (χ3v) is 1.64. The maximum Gasteiger partial charge on any atom is 0.302 e. The molecule has 0 aromatic rings. The minimum atomic E-state index is -0.533. The average molecular weight is 179 g/mol. The third-order valence-electron chi connectivity index (χ3n) is 1.12. The van der Waals surface area contributed by atoms with Crippen molar-refractivity contribution in [3.05, 3.63) is 0 Å². The van der Waals surface area contributed by atoms with Gasteiger partial charge in [-0.1, -0.05) is 0 Å². The summed E-state index contributed by atoms with van der Waals surface area (Å²) in [4.78, 5) is 20.8. The van der Waals surface area contributed by atoms with E-state index in [1.165, 1.54) is 13.8 Å². The summed E-state index contributed by atoms with van der Waals surface area (Å²) in [5.41, 5.74) is 0. The average Bonchev–Trinajstić information content (AvgIpc) is 1.86. The molecule has 64 valence electrons. The fourth-order valence-electron chi connectivity index (χ4n) is 0.509. The second kappa shape index (κ2) is 5.13. The maximum atomic E-state index is 10.5. The van der Waals surface area contributed by atoms with Crippen LogP contribution in [0.1, 0.15) is 20.3 Å². The van der Waals surface area contributed by atoms with Crippen LogP contribution in [0.5, 0.6) is 0 Å². The number of Topliss-reactive ketones (excluding diaryl/α,β-unsaturated/α-hetero) is 1. The first-order valence-electron chi connectivity index (χ1n) is 3.32. The Kier molecular flexibility index (Phi) is 4.86. The van der Waals surface area contributed by atoms with Gasteiger partial charge in [-0.15, -0.1) is 11.6 Å². The van der Waals surface area contributed by atoms with Gasteiger partial charge in [-0.05, 0) is 6.92 Å². The van der Waals surface area contributed by atoms with Crippen LogP contribution in [0, 0.1) is 0 Å². The quantitative estimate of drug-likeness (QED) is 0.479. The van der Waals surface area contributed by atoms with Crippen LogP contribution in [0.3, 0.4) is 0 Å². The van der Waals surface area contributed by atoms with E-state index in [0.29, 0.717) is 6.42 Å². The predicted molar refractivity (Wildman–Crippen MR) is 41.6 cm³/mol. The predicted octanol–water partition coefficient (Wildman–Crippen LogP) is 1.14. The Labute approximate surface area is 70.7 Å². The minimum absolute atomic E-state index is 0.0983. The van der Waals surface area contributed by atoms with Crippen molar-refractivity contribution < 1.29 is 14.3 Å². The molecule has 0 heterocycles. The van der Waals surface area contributed by atoms with E-state index in [9.17, 15) is 9.59 Å². The molecule has 0 aliphatic rings. The molecule has 0 fully saturated rings. The van der Waals surface area contributed by atoms with E-state index >= 15 is 0 Å². The van der Waals surface area contributed by atoms with Crippen LogP contribution in [-0.2, 0) is 14.3 Å². The van der Waals surface area contributed by atoms with Gasteiger partial charge in [0.25, 0.3) is 0 Å². The zero-order chi connectivity index (χ0) is 8.85. The minimum Gasteiger partial charge on any atom is -0.466 e. The Balaban J connectivity index is 3.39. The van der Waals surface area contributed by atoms with Gasteiger partial charge >= 0.3 is 5.97 Å². The molecular formula is C7H11ClO3. The number of ether oxygens (including phenoxy) is 1. The van der Waals surface area contributed by atoms with Gasteiger partial charge in [0.1, 0.15) is 5.78 Å². The van der Waals surface area contributed by atoms with Crippen molar-refractivity contribution in [1.82, 2.24) is 0 Å². The van der Waals surface area contributed by atoms with Gasteiger partial charge in [0.15, 0.2) is 0 Å². The third kappa shape index (κ3) is 5.85. The highest BCUT2D eigenvalue weighted by molar-refractivity contribution is 6.30. The number of alkyl halides is 1.